The lowest BCUT2D eigenvalue weighted by molar-refractivity contribution is -0.134. The first-order valence-electron chi connectivity index (χ1n) is 5.56. The summed E-state index contributed by atoms with van der Waals surface area (Å²) >= 11 is 0. The third kappa shape index (κ3) is 6.25. The summed E-state index contributed by atoms with van der Waals surface area (Å²) in [6, 6.07) is 9.87. The van der Waals surface area contributed by atoms with Crippen molar-refractivity contribution < 1.29 is 19.4 Å². The van der Waals surface area contributed by atoms with Gasteiger partial charge in [0.05, 0.1) is 0 Å². The first-order chi connectivity index (χ1) is 7.99. The second-order valence-corrected chi connectivity index (χ2v) is 6.52. The summed E-state index contributed by atoms with van der Waals surface area (Å²) in [5, 5.41) is 8.45. The van der Waals surface area contributed by atoms with Gasteiger partial charge in [-0.2, -0.15) is 0 Å². The Bertz CT molecular complexity index is 402. The fraction of sp³-hybridized carbons (Fsp3) is 0.417. The lowest BCUT2D eigenvalue weighted by Gasteiger charge is -2.08. The summed E-state index contributed by atoms with van der Waals surface area (Å²) in [4.78, 5) is 19.7. The zero-order valence-electron chi connectivity index (χ0n) is 9.58. The second-order valence-electron chi connectivity index (χ2n) is 4.06. The van der Waals surface area contributed by atoms with Crippen molar-refractivity contribution in [3.8, 4) is 0 Å². The molecule has 1 aromatic rings. The van der Waals surface area contributed by atoms with E-state index in [-0.39, 0.29) is 6.16 Å². The minimum atomic E-state index is -3.47. The standard InChI is InChI=1S/C12H17O4P/c13-12(14)10-17(15,16)9-5-4-8-11-6-2-1-3-7-11/h1-3,6-7H,4-5,8-10H2,(H,13,14)(H,15,16). The Labute approximate surface area is 101 Å². The van der Waals surface area contributed by atoms with Gasteiger partial charge in [-0.25, -0.2) is 0 Å². The maximum absolute atomic E-state index is 11.4. The highest BCUT2D eigenvalue weighted by atomic mass is 31.2. The number of rotatable bonds is 7. The molecule has 1 atom stereocenters. The van der Waals surface area contributed by atoms with Crippen molar-refractivity contribution in [2.75, 3.05) is 12.3 Å². The van der Waals surface area contributed by atoms with Crippen LogP contribution in [0.25, 0.3) is 0 Å². The van der Waals surface area contributed by atoms with Crippen molar-refractivity contribution >= 4 is 13.3 Å². The topological polar surface area (TPSA) is 74.6 Å². The number of benzene rings is 1. The number of hydrogen-bond acceptors (Lipinski definition) is 2. The van der Waals surface area contributed by atoms with Crippen LogP contribution in [0.1, 0.15) is 18.4 Å². The van der Waals surface area contributed by atoms with Crippen molar-refractivity contribution in [1.82, 2.24) is 0 Å². The molecule has 0 heterocycles. The van der Waals surface area contributed by atoms with Crippen LogP contribution in [-0.2, 0) is 15.8 Å². The van der Waals surface area contributed by atoms with Crippen LogP contribution in [0.5, 0.6) is 0 Å². The van der Waals surface area contributed by atoms with Gasteiger partial charge in [0.2, 0.25) is 7.37 Å². The molecule has 4 nitrogen and oxygen atoms in total. The maximum Gasteiger partial charge on any atom is 0.313 e. The summed E-state index contributed by atoms with van der Waals surface area (Å²) in [5.74, 6) is -1.21. The number of carboxylic acid groups (broad SMARTS) is 1. The van der Waals surface area contributed by atoms with Gasteiger partial charge in [-0.15, -0.1) is 0 Å². The zero-order chi connectivity index (χ0) is 12.7. The lowest BCUT2D eigenvalue weighted by atomic mass is 10.1. The van der Waals surface area contributed by atoms with Crippen LogP contribution in [0.3, 0.4) is 0 Å². The van der Waals surface area contributed by atoms with E-state index in [0.717, 1.165) is 12.8 Å². The summed E-state index contributed by atoms with van der Waals surface area (Å²) in [7, 11) is -3.47. The summed E-state index contributed by atoms with van der Waals surface area (Å²) in [6.45, 7) is 0. The van der Waals surface area contributed by atoms with Gasteiger partial charge in [-0.1, -0.05) is 30.3 Å². The average molecular weight is 256 g/mol. The van der Waals surface area contributed by atoms with E-state index in [9.17, 15) is 14.3 Å². The molecule has 0 aliphatic rings. The maximum atomic E-state index is 11.4. The van der Waals surface area contributed by atoms with Crippen molar-refractivity contribution in [3.63, 3.8) is 0 Å². The molecule has 0 saturated heterocycles. The molecule has 0 aliphatic carbocycles. The first kappa shape index (κ1) is 13.9. The first-order valence-corrected chi connectivity index (χ1v) is 7.59. The lowest BCUT2D eigenvalue weighted by Crippen LogP contribution is -2.05. The Morgan fingerprint density at radius 2 is 1.82 bits per heavy atom. The Morgan fingerprint density at radius 1 is 1.18 bits per heavy atom. The molecular weight excluding hydrogens is 239 g/mol. The number of aryl methyl sites for hydroxylation is 1. The van der Waals surface area contributed by atoms with Gasteiger partial charge in [0.25, 0.3) is 0 Å². The molecule has 0 aliphatic heterocycles. The van der Waals surface area contributed by atoms with Crippen molar-refractivity contribution in [3.05, 3.63) is 35.9 Å². The van der Waals surface area contributed by atoms with Crippen molar-refractivity contribution in [1.29, 1.82) is 0 Å². The van der Waals surface area contributed by atoms with Gasteiger partial charge < -0.3 is 10.00 Å². The number of unbranched alkanes of at least 4 members (excludes halogenated alkanes) is 1. The van der Waals surface area contributed by atoms with E-state index in [1.165, 1.54) is 5.56 Å². The Kier molecular flexibility index (Phi) is 5.39. The van der Waals surface area contributed by atoms with Crippen LogP contribution < -0.4 is 0 Å². The van der Waals surface area contributed by atoms with Crippen molar-refractivity contribution in [2.24, 2.45) is 0 Å². The average Bonchev–Trinajstić information content (AvgIpc) is 2.24. The van der Waals surface area contributed by atoms with E-state index in [1.54, 1.807) is 0 Å². The molecule has 0 radical (unpaired) electrons. The molecule has 17 heavy (non-hydrogen) atoms. The van der Waals surface area contributed by atoms with Crippen LogP contribution in [0.15, 0.2) is 30.3 Å². The molecule has 1 aromatic carbocycles. The number of carbonyl (C=O) groups is 1. The summed E-state index contributed by atoms with van der Waals surface area (Å²) in [5.41, 5.74) is 1.19. The van der Waals surface area contributed by atoms with Crippen LogP contribution in [0.4, 0.5) is 0 Å². The van der Waals surface area contributed by atoms with E-state index in [1.807, 2.05) is 30.3 Å². The Balaban J connectivity index is 2.24. The molecule has 1 rings (SSSR count). The molecular formula is C12H17O4P. The molecule has 1 unspecified atom stereocenters. The fourth-order valence-electron chi connectivity index (χ4n) is 1.62. The summed E-state index contributed by atoms with van der Waals surface area (Å²) in [6.07, 6.45) is 1.70. The second kappa shape index (κ2) is 6.58. The Morgan fingerprint density at radius 3 is 2.41 bits per heavy atom. The molecule has 0 saturated carbocycles. The van der Waals surface area contributed by atoms with Gasteiger partial charge in [0, 0.05) is 6.16 Å². The third-order valence-electron chi connectivity index (χ3n) is 2.45. The number of hydrogen-bond donors (Lipinski definition) is 2. The van der Waals surface area contributed by atoms with Gasteiger partial charge >= 0.3 is 5.97 Å². The third-order valence-corrected chi connectivity index (χ3v) is 4.23. The van der Waals surface area contributed by atoms with Crippen LogP contribution in [-0.4, -0.2) is 28.3 Å². The fourth-order valence-corrected chi connectivity index (χ4v) is 2.92. The molecule has 0 bridgehead atoms. The van der Waals surface area contributed by atoms with Crippen LogP contribution in [0, 0.1) is 0 Å². The molecule has 0 spiro atoms. The zero-order valence-corrected chi connectivity index (χ0v) is 10.5. The Hall–Kier alpha value is -1.12. The monoisotopic (exact) mass is 256 g/mol. The highest BCUT2D eigenvalue weighted by Gasteiger charge is 2.21. The quantitative estimate of drug-likeness (QED) is 0.580. The SMILES string of the molecule is O=C(O)CP(=O)(O)CCCCc1ccccc1. The number of aliphatic carboxylic acids is 1. The van der Waals surface area contributed by atoms with E-state index in [4.69, 9.17) is 5.11 Å². The molecule has 2 N–H and O–H groups in total. The smallest absolute Gasteiger partial charge is 0.313 e. The van der Waals surface area contributed by atoms with Gasteiger partial charge in [-0.05, 0) is 24.8 Å². The highest BCUT2D eigenvalue weighted by Crippen LogP contribution is 2.40. The van der Waals surface area contributed by atoms with Gasteiger partial charge in [-0.3, -0.25) is 9.36 Å². The van der Waals surface area contributed by atoms with Crippen LogP contribution >= 0.6 is 7.37 Å². The molecule has 0 aromatic heterocycles. The van der Waals surface area contributed by atoms with E-state index in [2.05, 4.69) is 0 Å². The normalized spacial score (nSPS) is 14.2. The minimum absolute atomic E-state index is 0.0894. The molecule has 0 amide bonds. The van der Waals surface area contributed by atoms with Gasteiger partial charge in [0.15, 0.2) is 0 Å². The van der Waals surface area contributed by atoms with Crippen LogP contribution in [0.2, 0.25) is 0 Å². The van der Waals surface area contributed by atoms with Crippen molar-refractivity contribution in [2.45, 2.75) is 19.3 Å². The predicted molar refractivity (Wildman–Crippen MR) is 66.6 cm³/mol. The van der Waals surface area contributed by atoms with Gasteiger partial charge in [0.1, 0.15) is 6.16 Å². The largest absolute Gasteiger partial charge is 0.481 e. The summed E-state index contributed by atoms with van der Waals surface area (Å²) < 4.78 is 11.4. The van der Waals surface area contributed by atoms with E-state index in [0.29, 0.717) is 6.42 Å². The molecule has 5 heteroatoms. The van der Waals surface area contributed by atoms with E-state index >= 15 is 0 Å². The molecule has 0 fully saturated rings. The van der Waals surface area contributed by atoms with E-state index < -0.39 is 19.5 Å². The number of carboxylic acids is 1. The predicted octanol–water partition coefficient (Wildman–Crippen LogP) is 2.36. The molecule has 94 valence electrons. The highest BCUT2D eigenvalue weighted by molar-refractivity contribution is 7.58. The minimum Gasteiger partial charge on any atom is -0.481 e.